The van der Waals surface area contributed by atoms with Crippen molar-refractivity contribution in [1.29, 1.82) is 0 Å². The number of hydrogen-bond donors (Lipinski definition) is 2. The molecule has 2 aliphatic rings. The van der Waals surface area contributed by atoms with Crippen molar-refractivity contribution in [3.63, 3.8) is 0 Å². The number of nitrogens with one attached hydrogen (secondary N) is 1. The van der Waals surface area contributed by atoms with Crippen LogP contribution >= 0.6 is 0 Å². The molecule has 30 heavy (non-hydrogen) atoms. The standard InChI is InChI=1S/C25H27N3O2/c29-21-10-13-28(16-21)17-23(18-6-2-1-3-7-18)27-24(30)25(11-12-25)20-14-19-8-4-5-9-22(19)26-15-20/h1-9,14-15,21,23,29H,10-13,16-17H2,(H,27,30)/t21-,23-/m1/s1. The highest BCUT2D eigenvalue weighted by Gasteiger charge is 2.52. The molecule has 5 heteroatoms. The summed E-state index contributed by atoms with van der Waals surface area (Å²) in [5, 5.41) is 14.3. The molecule has 0 spiro atoms. The molecule has 1 amide bonds. The van der Waals surface area contributed by atoms with Gasteiger partial charge in [-0.15, -0.1) is 0 Å². The van der Waals surface area contributed by atoms with Crippen LogP contribution < -0.4 is 5.32 Å². The molecular formula is C25H27N3O2. The Labute approximate surface area is 176 Å². The first-order chi connectivity index (χ1) is 14.6. The molecule has 0 radical (unpaired) electrons. The van der Waals surface area contributed by atoms with E-state index >= 15 is 0 Å². The van der Waals surface area contributed by atoms with E-state index in [9.17, 15) is 9.90 Å². The topological polar surface area (TPSA) is 65.5 Å². The Morgan fingerprint density at radius 3 is 2.67 bits per heavy atom. The van der Waals surface area contributed by atoms with Gasteiger partial charge >= 0.3 is 0 Å². The summed E-state index contributed by atoms with van der Waals surface area (Å²) >= 11 is 0. The zero-order valence-electron chi connectivity index (χ0n) is 17.0. The van der Waals surface area contributed by atoms with Crippen LogP contribution in [-0.2, 0) is 10.2 Å². The fourth-order valence-electron chi connectivity index (χ4n) is 4.56. The lowest BCUT2D eigenvalue weighted by molar-refractivity contribution is -0.124. The first-order valence-corrected chi connectivity index (χ1v) is 10.8. The number of nitrogens with zero attached hydrogens (tertiary/aromatic N) is 2. The minimum atomic E-state index is -0.478. The summed E-state index contributed by atoms with van der Waals surface area (Å²) in [6.45, 7) is 2.23. The maximum atomic E-state index is 13.5. The lowest BCUT2D eigenvalue weighted by Crippen LogP contribution is -2.42. The number of carbonyl (C=O) groups excluding carboxylic acids is 1. The Morgan fingerprint density at radius 2 is 1.93 bits per heavy atom. The molecule has 1 aliphatic carbocycles. The molecule has 2 heterocycles. The minimum Gasteiger partial charge on any atom is -0.392 e. The lowest BCUT2D eigenvalue weighted by Gasteiger charge is -2.27. The first kappa shape index (κ1) is 19.2. The van der Waals surface area contributed by atoms with Gasteiger partial charge in [0.2, 0.25) is 5.91 Å². The maximum Gasteiger partial charge on any atom is 0.231 e. The number of rotatable bonds is 6. The molecule has 5 rings (SSSR count). The molecule has 0 bridgehead atoms. The molecule has 2 atom stereocenters. The first-order valence-electron chi connectivity index (χ1n) is 10.8. The van der Waals surface area contributed by atoms with Crippen LogP contribution in [0.25, 0.3) is 10.9 Å². The molecule has 2 fully saturated rings. The van der Waals surface area contributed by atoms with Gasteiger partial charge in [0.05, 0.1) is 23.1 Å². The zero-order chi connectivity index (χ0) is 20.6. The zero-order valence-corrected chi connectivity index (χ0v) is 17.0. The van der Waals surface area contributed by atoms with E-state index in [4.69, 9.17) is 0 Å². The van der Waals surface area contributed by atoms with E-state index in [1.54, 1.807) is 0 Å². The molecule has 2 N–H and O–H groups in total. The summed E-state index contributed by atoms with van der Waals surface area (Å²) in [5.74, 6) is 0.0770. The number of hydrogen-bond acceptors (Lipinski definition) is 4. The van der Waals surface area contributed by atoms with E-state index in [1.807, 2.05) is 48.7 Å². The van der Waals surface area contributed by atoms with Crippen LogP contribution in [0, 0.1) is 0 Å². The van der Waals surface area contributed by atoms with Gasteiger partial charge in [-0.2, -0.15) is 0 Å². The van der Waals surface area contributed by atoms with Gasteiger partial charge in [-0.1, -0.05) is 48.5 Å². The number of para-hydroxylation sites is 1. The van der Waals surface area contributed by atoms with E-state index < -0.39 is 5.41 Å². The Bertz CT molecular complexity index is 1050. The highest BCUT2D eigenvalue weighted by atomic mass is 16.3. The van der Waals surface area contributed by atoms with E-state index in [0.717, 1.165) is 47.8 Å². The predicted molar refractivity (Wildman–Crippen MR) is 117 cm³/mol. The van der Waals surface area contributed by atoms with Crippen molar-refractivity contribution in [2.24, 2.45) is 0 Å². The van der Waals surface area contributed by atoms with Crippen molar-refractivity contribution in [2.45, 2.75) is 36.8 Å². The SMILES string of the molecule is O=C(N[C@H](CN1CC[C@@H](O)C1)c1ccccc1)C1(c2cnc3ccccc3c2)CC1. The number of aromatic nitrogens is 1. The third-order valence-corrected chi connectivity index (χ3v) is 6.52. The van der Waals surface area contributed by atoms with Gasteiger partial charge < -0.3 is 10.4 Å². The summed E-state index contributed by atoms with van der Waals surface area (Å²) in [6, 6.07) is 20.2. The number of fused-ring (bicyclic) bond motifs is 1. The molecular weight excluding hydrogens is 374 g/mol. The smallest absolute Gasteiger partial charge is 0.231 e. The molecule has 3 aromatic rings. The highest BCUT2D eigenvalue weighted by molar-refractivity contribution is 5.93. The molecule has 5 nitrogen and oxygen atoms in total. The number of aliphatic hydroxyl groups is 1. The molecule has 1 saturated heterocycles. The number of pyridine rings is 1. The van der Waals surface area contributed by atoms with Gasteiger partial charge in [0.15, 0.2) is 0 Å². The van der Waals surface area contributed by atoms with Gasteiger partial charge in [-0.3, -0.25) is 14.7 Å². The second-order valence-electron chi connectivity index (χ2n) is 8.64. The van der Waals surface area contributed by atoms with Crippen molar-refractivity contribution >= 4 is 16.8 Å². The van der Waals surface area contributed by atoms with Crippen LogP contribution in [0.5, 0.6) is 0 Å². The Hall–Kier alpha value is -2.76. The second-order valence-corrected chi connectivity index (χ2v) is 8.64. The van der Waals surface area contributed by atoms with Crippen molar-refractivity contribution in [3.8, 4) is 0 Å². The van der Waals surface area contributed by atoms with E-state index in [1.165, 1.54) is 0 Å². The number of benzene rings is 2. The van der Waals surface area contributed by atoms with E-state index in [-0.39, 0.29) is 18.1 Å². The second kappa shape index (κ2) is 7.82. The molecule has 2 aromatic carbocycles. The summed E-state index contributed by atoms with van der Waals surface area (Å²) < 4.78 is 0. The largest absolute Gasteiger partial charge is 0.392 e. The number of likely N-dealkylation sites (tertiary alicyclic amines) is 1. The normalized spacial score (nSPS) is 21.4. The average molecular weight is 402 g/mol. The summed E-state index contributed by atoms with van der Waals surface area (Å²) in [5.41, 5.74) is 2.57. The van der Waals surface area contributed by atoms with Crippen LogP contribution in [0.2, 0.25) is 0 Å². The van der Waals surface area contributed by atoms with Crippen molar-refractivity contribution in [2.75, 3.05) is 19.6 Å². The Kier molecular flexibility index (Phi) is 5.01. The molecule has 1 saturated carbocycles. The summed E-state index contributed by atoms with van der Waals surface area (Å²) in [7, 11) is 0. The van der Waals surface area contributed by atoms with Crippen LogP contribution in [0.4, 0.5) is 0 Å². The Balaban J connectivity index is 1.39. The van der Waals surface area contributed by atoms with Gasteiger partial charge in [0.25, 0.3) is 0 Å². The van der Waals surface area contributed by atoms with Crippen molar-refractivity contribution in [3.05, 3.63) is 78.0 Å². The van der Waals surface area contributed by atoms with Crippen LogP contribution in [0.3, 0.4) is 0 Å². The van der Waals surface area contributed by atoms with Crippen LogP contribution in [-0.4, -0.2) is 46.6 Å². The van der Waals surface area contributed by atoms with Gasteiger partial charge in [0.1, 0.15) is 0 Å². The molecule has 0 unspecified atom stereocenters. The van der Waals surface area contributed by atoms with Crippen molar-refractivity contribution in [1.82, 2.24) is 15.2 Å². The van der Waals surface area contributed by atoms with Gasteiger partial charge in [0, 0.05) is 31.2 Å². The third kappa shape index (κ3) is 3.71. The number of amides is 1. The monoisotopic (exact) mass is 401 g/mol. The van der Waals surface area contributed by atoms with Gasteiger partial charge in [-0.05, 0) is 42.5 Å². The predicted octanol–water partition coefficient (Wildman–Crippen LogP) is 3.19. The quantitative estimate of drug-likeness (QED) is 0.666. The molecule has 154 valence electrons. The molecule has 1 aliphatic heterocycles. The maximum absolute atomic E-state index is 13.5. The van der Waals surface area contributed by atoms with Crippen LogP contribution in [0.15, 0.2) is 66.9 Å². The van der Waals surface area contributed by atoms with E-state index in [0.29, 0.717) is 13.1 Å². The van der Waals surface area contributed by atoms with Crippen LogP contribution in [0.1, 0.15) is 36.4 Å². The average Bonchev–Trinajstić information content (AvgIpc) is 3.50. The fraction of sp³-hybridized carbons (Fsp3) is 0.360. The number of aliphatic hydroxyl groups excluding tert-OH is 1. The molecule has 1 aromatic heterocycles. The fourth-order valence-corrected chi connectivity index (χ4v) is 4.56. The van der Waals surface area contributed by atoms with Gasteiger partial charge in [-0.25, -0.2) is 0 Å². The summed E-state index contributed by atoms with van der Waals surface area (Å²) in [4.78, 5) is 20.3. The van der Waals surface area contributed by atoms with Crippen molar-refractivity contribution < 1.29 is 9.90 Å². The highest BCUT2D eigenvalue weighted by Crippen LogP contribution is 2.49. The minimum absolute atomic E-state index is 0.0770. The third-order valence-electron chi connectivity index (χ3n) is 6.52. The Morgan fingerprint density at radius 1 is 1.17 bits per heavy atom. The number of β-amino-alcohol motifs (C(OH)–C–C–N with tert-alkyl or cyclic N) is 1. The number of carbonyl (C=O) groups is 1. The lowest BCUT2D eigenvalue weighted by atomic mass is 9.94. The summed E-state index contributed by atoms with van der Waals surface area (Å²) in [6.07, 6.45) is 4.09. The van der Waals surface area contributed by atoms with E-state index in [2.05, 4.69) is 33.4 Å².